The van der Waals surface area contributed by atoms with Gasteiger partial charge in [0.25, 0.3) is 0 Å². The van der Waals surface area contributed by atoms with Gasteiger partial charge in [0.2, 0.25) is 0 Å². The van der Waals surface area contributed by atoms with Crippen molar-refractivity contribution in [1.29, 1.82) is 0 Å². The number of halogens is 3. The third-order valence-electron chi connectivity index (χ3n) is 3.17. The van der Waals surface area contributed by atoms with E-state index in [0.717, 1.165) is 31.6 Å². The minimum absolute atomic E-state index is 0.354. The second kappa shape index (κ2) is 6.49. The maximum atomic E-state index is 12.4. The molecule has 1 aromatic heterocycles. The molecule has 0 bridgehead atoms. The van der Waals surface area contributed by atoms with Gasteiger partial charge in [0.15, 0.2) is 0 Å². The van der Waals surface area contributed by atoms with E-state index in [0.29, 0.717) is 17.6 Å². The van der Waals surface area contributed by atoms with Crippen LogP contribution in [0.2, 0.25) is 0 Å². The van der Waals surface area contributed by atoms with Crippen molar-refractivity contribution in [2.24, 2.45) is 0 Å². The normalized spacial score (nSPS) is 16.6. The van der Waals surface area contributed by atoms with Crippen molar-refractivity contribution in [3.63, 3.8) is 0 Å². The van der Waals surface area contributed by atoms with E-state index in [1.165, 1.54) is 6.92 Å². The Kier molecular flexibility index (Phi) is 4.90. The summed E-state index contributed by atoms with van der Waals surface area (Å²) in [6.07, 6.45) is -2.00. The first-order valence-electron chi connectivity index (χ1n) is 7.33. The lowest BCUT2D eigenvalue weighted by atomic mass is 10.2. The van der Waals surface area contributed by atoms with E-state index in [2.05, 4.69) is 20.6 Å². The molecule has 0 spiro atoms. The number of aromatic nitrogens is 2. The number of alkyl halides is 3. The predicted octanol–water partition coefficient (Wildman–Crippen LogP) is 3.93. The molecular weight excluding hydrogens is 281 g/mol. The lowest BCUT2D eigenvalue weighted by Gasteiger charge is -2.17. The zero-order valence-corrected chi connectivity index (χ0v) is 12.3. The zero-order valence-electron chi connectivity index (χ0n) is 12.3. The summed E-state index contributed by atoms with van der Waals surface area (Å²) in [4.78, 5) is 8.77. The van der Waals surface area contributed by atoms with Gasteiger partial charge in [0, 0.05) is 24.6 Å². The molecule has 1 saturated carbocycles. The fourth-order valence-corrected chi connectivity index (χ4v) is 2.06. The van der Waals surface area contributed by atoms with Crippen molar-refractivity contribution in [3.8, 4) is 0 Å². The highest BCUT2D eigenvalue weighted by Gasteiger charge is 2.31. The fourth-order valence-electron chi connectivity index (χ4n) is 2.06. The summed E-state index contributed by atoms with van der Waals surface area (Å²) >= 11 is 0. The van der Waals surface area contributed by atoms with Crippen LogP contribution in [0.25, 0.3) is 0 Å². The molecule has 1 unspecified atom stereocenters. The molecule has 1 atom stereocenters. The predicted molar refractivity (Wildman–Crippen MR) is 76.5 cm³/mol. The van der Waals surface area contributed by atoms with E-state index in [4.69, 9.17) is 0 Å². The molecule has 21 heavy (non-hydrogen) atoms. The van der Waals surface area contributed by atoms with Crippen molar-refractivity contribution in [1.82, 2.24) is 9.97 Å². The maximum absolute atomic E-state index is 12.4. The number of hydrogen-bond donors (Lipinski definition) is 2. The minimum Gasteiger partial charge on any atom is -0.370 e. The smallest absolute Gasteiger partial charge is 0.370 e. The number of nitrogens with one attached hydrogen (secondary N) is 2. The van der Waals surface area contributed by atoms with E-state index in [1.54, 1.807) is 6.07 Å². The second-order valence-electron chi connectivity index (χ2n) is 5.56. The van der Waals surface area contributed by atoms with Gasteiger partial charge in [0.1, 0.15) is 17.5 Å². The Morgan fingerprint density at radius 2 is 1.95 bits per heavy atom. The summed E-state index contributed by atoms with van der Waals surface area (Å²) in [7, 11) is 0. The van der Waals surface area contributed by atoms with Gasteiger partial charge in [-0.3, -0.25) is 0 Å². The summed E-state index contributed by atoms with van der Waals surface area (Å²) in [6, 6.07) is 0.958. The molecular formula is C14H21F3N4. The number of rotatable bonds is 7. The Balaban J connectivity index is 2.08. The lowest BCUT2D eigenvalue weighted by Crippen LogP contribution is -2.24. The van der Waals surface area contributed by atoms with E-state index >= 15 is 0 Å². The van der Waals surface area contributed by atoms with Crippen LogP contribution in [0.5, 0.6) is 0 Å². The summed E-state index contributed by atoms with van der Waals surface area (Å²) in [5.41, 5.74) is 0. The number of anilines is 2. The number of nitrogens with zero attached hydrogens (tertiary/aromatic N) is 2. The molecule has 2 N–H and O–H groups in total. The van der Waals surface area contributed by atoms with Crippen LogP contribution in [-0.2, 0) is 0 Å². The van der Waals surface area contributed by atoms with Crippen LogP contribution in [0.3, 0.4) is 0 Å². The molecule has 1 aliphatic rings. The van der Waals surface area contributed by atoms with Gasteiger partial charge < -0.3 is 10.6 Å². The van der Waals surface area contributed by atoms with Crippen LogP contribution in [0, 0.1) is 0 Å². The first-order valence-corrected chi connectivity index (χ1v) is 7.33. The summed E-state index contributed by atoms with van der Waals surface area (Å²) in [6.45, 7) is 4.32. The molecule has 7 heteroatoms. The van der Waals surface area contributed by atoms with E-state index in [-0.39, 0.29) is 0 Å². The third kappa shape index (κ3) is 5.40. The molecule has 0 aliphatic heterocycles. The summed E-state index contributed by atoms with van der Waals surface area (Å²) < 4.78 is 37.2. The molecule has 0 aromatic carbocycles. The monoisotopic (exact) mass is 302 g/mol. The van der Waals surface area contributed by atoms with Gasteiger partial charge >= 0.3 is 6.18 Å². The zero-order chi connectivity index (χ0) is 15.5. The molecule has 1 fully saturated rings. The Bertz CT molecular complexity index is 472. The van der Waals surface area contributed by atoms with Crippen molar-refractivity contribution in [2.75, 3.05) is 17.2 Å². The largest absolute Gasteiger partial charge is 0.391 e. The van der Waals surface area contributed by atoms with Crippen LogP contribution < -0.4 is 10.6 Å². The lowest BCUT2D eigenvalue weighted by molar-refractivity contribution is -0.136. The van der Waals surface area contributed by atoms with E-state index in [9.17, 15) is 13.2 Å². The number of hydrogen-bond acceptors (Lipinski definition) is 4. The molecule has 0 radical (unpaired) electrons. The third-order valence-corrected chi connectivity index (χ3v) is 3.17. The molecule has 1 heterocycles. The average Bonchev–Trinajstić information content (AvgIpc) is 3.17. The Morgan fingerprint density at radius 1 is 1.29 bits per heavy atom. The maximum Gasteiger partial charge on any atom is 0.391 e. The molecule has 118 valence electrons. The molecule has 1 aliphatic carbocycles. The highest BCUT2D eigenvalue weighted by molar-refractivity contribution is 5.48. The van der Waals surface area contributed by atoms with Gasteiger partial charge in [-0.2, -0.15) is 13.2 Å². The summed E-state index contributed by atoms with van der Waals surface area (Å²) in [5.74, 6) is 2.21. The first-order chi connectivity index (χ1) is 9.87. The average molecular weight is 302 g/mol. The van der Waals surface area contributed by atoms with Crippen LogP contribution >= 0.6 is 0 Å². The van der Waals surface area contributed by atoms with Gasteiger partial charge in [-0.25, -0.2) is 9.97 Å². The summed E-state index contributed by atoms with van der Waals surface area (Å²) in [5, 5.41) is 5.99. The SMILES string of the molecule is CCCNc1cc(NC(C)CC(F)(F)F)nc(C2CC2)n1. The molecule has 0 saturated heterocycles. The second-order valence-corrected chi connectivity index (χ2v) is 5.56. The fraction of sp³-hybridized carbons (Fsp3) is 0.714. The van der Waals surface area contributed by atoms with Gasteiger partial charge in [-0.05, 0) is 26.2 Å². The minimum atomic E-state index is -4.18. The molecule has 4 nitrogen and oxygen atoms in total. The van der Waals surface area contributed by atoms with Crippen molar-refractivity contribution >= 4 is 11.6 Å². The van der Waals surface area contributed by atoms with Gasteiger partial charge in [0.05, 0.1) is 6.42 Å². The van der Waals surface area contributed by atoms with Gasteiger partial charge in [-0.15, -0.1) is 0 Å². The van der Waals surface area contributed by atoms with Crippen LogP contribution in [0.1, 0.15) is 51.3 Å². The van der Waals surface area contributed by atoms with Crippen LogP contribution in [-0.4, -0.2) is 28.7 Å². The first kappa shape index (κ1) is 15.9. The molecule has 0 amide bonds. The quantitative estimate of drug-likeness (QED) is 0.801. The van der Waals surface area contributed by atoms with Crippen LogP contribution in [0.4, 0.5) is 24.8 Å². The Labute approximate surface area is 122 Å². The van der Waals surface area contributed by atoms with Crippen LogP contribution in [0.15, 0.2) is 6.07 Å². The van der Waals surface area contributed by atoms with E-state index < -0.39 is 18.6 Å². The topological polar surface area (TPSA) is 49.8 Å². The molecule has 2 rings (SSSR count). The van der Waals surface area contributed by atoms with E-state index in [1.807, 2.05) is 6.92 Å². The Hall–Kier alpha value is -1.53. The molecule has 1 aromatic rings. The van der Waals surface area contributed by atoms with Crippen molar-refractivity contribution in [2.45, 2.75) is 57.7 Å². The van der Waals surface area contributed by atoms with Crippen molar-refractivity contribution < 1.29 is 13.2 Å². The highest BCUT2D eigenvalue weighted by atomic mass is 19.4. The van der Waals surface area contributed by atoms with Gasteiger partial charge in [-0.1, -0.05) is 6.92 Å². The Morgan fingerprint density at radius 3 is 2.52 bits per heavy atom. The standard InChI is InChI=1S/C14H21F3N4/c1-3-6-18-11-7-12(19-9(2)8-14(15,16)17)21-13(20-11)10-4-5-10/h7,9-10H,3-6,8H2,1-2H3,(H2,18,19,20,21). The van der Waals surface area contributed by atoms with Crippen molar-refractivity contribution in [3.05, 3.63) is 11.9 Å². The highest BCUT2D eigenvalue weighted by Crippen LogP contribution is 2.39.